The number of rotatable bonds is 3. The standard InChI is InChI=1S/C15H18N4O2/c1-15(2,3)14-18-11(16)8-12(19-14)21-10-7-5-4-6-9(10)13(17)20/h4-8H,1-3H3,(H2,17,20)(H2,16,18,19). The Morgan fingerprint density at radius 1 is 1.19 bits per heavy atom. The zero-order valence-electron chi connectivity index (χ0n) is 12.3. The third-order valence-electron chi connectivity index (χ3n) is 2.76. The summed E-state index contributed by atoms with van der Waals surface area (Å²) >= 11 is 0. The highest BCUT2D eigenvalue weighted by molar-refractivity contribution is 5.95. The molecule has 0 spiro atoms. The summed E-state index contributed by atoms with van der Waals surface area (Å²) < 4.78 is 5.66. The number of nitrogens with two attached hydrogens (primary N) is 2. The van der Waals surface area contributed by atoms with Crippen molar-refractivity contribution < 1.29 is 9.53 Å². The molecule has 0 aliphatic heterocycles. The molecule has 2 rings (SSSR count). The van der Waals surface area contributed by atoms with Crippen LogP contribution in [0.5, 0.6) is 11.6 Å². The van der Waals surface area contributed by atoms with Crippen LogP contribution in [0, 0.1) is 0 Å². The van der Waals surface area contributed by atoms with Crippen LogP contribution in [0.2, 0.25) is 0 Å². The maximum absolute atomic E-state index is 11.4. The lowest BCUT2D eigenvalue weighted by molar-refractivity contribution is 0.0998. The Labute approximate surface area is 123 Å². The van der Waals surface area contributed by atoms with Crippen molar-refractivity contribution in [2.24, 2.45) is 5.73 Å². The number of aromatic nitrogens is 2. The van der Waals surface area contributed by atoms with Gasteiger partial charge in [-0.2, -0.15) is 4.98 Å². The van der Waals surface area contributed by atoms with E-state index in [2.05, 4.69) is 9.97 Å². The Kier molecular flexibility index (Phi) is 3.80. The number of benzene rings is 1. The maximum Gasteiger partial charge on any atom is 0.252 e. The van der Waals surface area contributed by atoms with Gasteiger partial charge in [0.2, 0.25) is 5.88 Å². The Hall–Kier alpha value is -2.63. The molecule has 21 heavy (non-hydrogen) atoms. The molecule has 0 unspecified atom stereocenters. The summed E-state index contributed by atoms with van der Waals surface area (Å²) in [6, 6.07) is 8.20. The number of primary amides is 1. The lowest BCUT2D eigenvalue weighted by Crippen LogP contribution is -2.17. The molecule has 0 saturated heterocycles. The van der Waals surface area contributed by atoms with E-state index < -0.39 is 5.91 Å². The molecular weight excluding hydrogens is 268 g/mol. The molecule has 0 aliphatic carbocycles. The molecule has 2 aromatic rings. The second-order valence-corrected chi connectivity index (χ2v) is 5.67. The fourth-order valence-corrected chi connectivity index (χ4v) is 1.70. The zero-order valence-corrected chi connectivity index (χ0v) is 12.3. The van der Waals surface area contributed by atoms with E-state index in [0.29, 0.717) is 17.4 Å². The molecule has 0 saturated carbocycles. The summed E-state index contributed by atoms with van der Waals surface area (Å²) in [4.78, 5) is 19.9. The molecule has 0 radical (unpaired) electrons. The van der Waals surface area contributed by atoms with Crippen LogP contribution in [-0.4, -0.2) is 15.9 Å². The number of carbonyl (C=O) groups is 1. The van der Waals surface area contributed by atoms with Crippen LogP contribution in [0.4, 0.5) is 5.82 Å². The van der Waals surface area contributed by atoms with Gasteiger partial charge in [-0.15, -0.1) is 0 Å². The fraction of sp³-hybridized carbons (Fsp3) is 0.267. The van der Waals surface area contributed by atoms with Gasteiger partial charge in [0.15, 0.2) is 0 Å². The topological polar surface area (TPSA) is 104 Å². The van der Waals surface area contributed by atoms with E-state index in [0.717, 1.165) is 0 Å². The molecule has 110 valence electrons. The van der Waals surface area contributed by atoms with Gasteiger partial charge >= 0.3 is 0 Å². The van der Waals surface area contributed by atoms with Crippen molar-refractivity contribution in [2.45, 2.75) is 26.2 Å². The zero-order chi connectivity index (χ0) is 15.6. The van der Waals surface area contributed by atoms with Crippen molar-refractivity contribution in [1.29, 1.82) is 0 Å². The van der Waals surface area contributed by atoms with Gasteiger partial charge in [0.1, 0.15) is 17.4 Å². The summed E-state index contributed by atoms with van der Waals surface area (Å²) in [5.41, 5.74) is 11.1. The third kappa shape index (κ3) is 3.47. The van der Waals surface area contributed by atoms with Crippen molar-refractivity contribution in [3.63, 3.8) is 0 Å². The number of hydrogen-bond acceptors (Lipinski definition) is 5. The summed E-state index contributed by atoms with van der Waals surface area (Å²) in [5.74, 6) is 0.920. The highest BCUT2D eigenvalue weighted by Gasteiger charge is 2.20. The van der Waals surface area contributed by atoms with Gasteiger partial charge in [-0.3, -0.25) is 4.79 Å². The van der Waals surface area contributed by atoms with Crippen LogP contribution in [0.1, 0.15) is 37.0 Å². The van der Waals surface area contributed by atoms with Gasteiger partial charge in [-0.05, 0) is 12.1 Å². The Balaban J connectivity index is 2.41. The van der Waals surface area contributed by atoms with Crippen molar-refractivity contribution in [1.82, 2.24) is 9.97 Å². The lowest BCUT2D eigenvalue weighted by Gasteiger charge is -2.18. The second-order valence-electron chi connectivity index (χ2n) is 5.67. The molecule has 0 aliphatic rings. The number of nitrogen functional groups attached to an aromatic ring is 1. The first-order chi connectivity index (χ1) is 9.77. The van der Waals surface area contributed by atoms with Gasteiger partial charge in [0.05, 0.1) is 5.56 Å². The average Bonchev–Trinajstić information content (AvgIpc) is 2.37. The van der Waals surface area contributed by atoms with Crippen LogP contribution >= 0.6 is 0 Å². The van der Waals surface area contributed by atoms with Gasteiger partial charge in [0.25, 0.3) is 5.91 Å². The molecular formula is C15H18N4O2. The van der Waals surface area contributed by atoms with E-state index in [4.69, 9.17) is 16.2 Å². The Bertz CT molecular complexity index is 678. The molecule has 0 atom stereocenters. The van der Waals surface area contributed by atoms with Crippen molar-refractivity contribution in [3.05, 3.63) is 41.7 Å². The molecule has 0 fully saturated rings. The lowest BCUT2D eigenvalue weighted by atomic mass is 9.96. The number of nitrogens with zero attached hydrogens (tertiary/aromatic N) is 2. The fourth-order valence-electron chi connectivity index (χ4n) is 1.70. The highest BCUT2D eigenvalue weighted by atomic mass is 16.5. The molecule has 4 N–H and O–H groups in total. The number of anilines is 1. The minimum absolute atomic E-state index is 0.267. The van der Waals surface area contributed by atoms with E-state index >= 15 is 0 Å². The minimum Gasteiger partial charge on any atom is -0.438 e. The maximum atomic E-state index is 11.4. The number of hydrogen-bond donors (Lipinski definition) is 2. The summed E-state index contributed by atoms with van der Waals surface area (Å²) in [6.07, 6.45) is 0. The third-order valence-corrected chi connectivity index (χ3v) is 2.76. The predicted molar refractivity (Wildman–Crippen MR) is 80.2 cm³/mol. The number of para-hydroxylation sites is 1. The van der Waals surface area contributed by atoms with E-state index in [1.807, 2.05) is 20.8 Å². The largest absolute Gasteiger partial charge is 0.438 e. The van der Waals surface area contributed by atoms with Crippen LogP contribution < -0.4 is 16.2 Å². The van der Waals surface area contributed by atoms with Gasteiger partial charge < -0.3 is 16.2 Å². The highest BCUT2D eigenvalue weighted by Crippen LogP contribution is 2.27. The van der Waals surface area contributed by atoms with Crippen LogP contribution in [0.15, 0.2) is 30.3 Å². The number of ether oxygens (including phenoxy) is 1. The normalized spacial score (nSPS) is 11.2. The quantitative estimate of drug-likeness (QED) is 0.900. The Morgan fingerprint density at radius 2 is 1.86 bits per heavy atom. The van der Waals surface area contributed by atoms with E-state index in [1.54, 1.807) is 24.3 Å². The SMILES string of the molecule is CC(C)(C)c1nc(N)cc(Oc2ccccc2C(N)=O)n1. The molecule has 1 aromatic heterocycles. The van der Waals surface area contributed by atoms with E-state index in [-0.39, 0.29) is 16.9 Å². The smallest absolute Gasteiger partial charge is 0.252 e. The molecule has 0 bridgehead atoms. The van der Waals surface area contributed by atoms with Crippen molar-refractivity contribution in [3.8, 4) is 11.6 Å². The van der Waals surface area contributed by atoms with Gasteiger partial charge in [-0.25, -0.2) is 4.98 Å². The predicted octanol–water partition coefficient (Wildman–Crippen LogP) is 2.25. The molecule has 1 heterocycles. The van der Waals surface area contributed by atoms with Crippen LogP contribution in [0.25, 0.3) is 0 Å². The van der Waals surface area contributed by atoms with Gasteiger partial charge in [0, 0.05) is 11.5 Å². The molecule has 1 amide bonds. The first kappa shape index (κ1) is 14.8. The van der Waals surface area contributed by atoms with E-state index in [9.17, 15) is 4.79 Å². The molecule has 6 nitrogen and oxygen atoms in total. The minimum atomic E-state index is -0.566. The average molecular weight is 286 g/mol. The number of amides is 1. The summed E-state index contributed by atoms with van der Waals surface area (Å²) in [7, 11) is 0. The Morgan fingerprint density at radius 3 is 2.48 bits per heavy atom. The van der Waals surface area contributed by atoms with Crippen molar-refractivity contribution in [2.75, 3.05) is 5.73 Å². The van der Waals surface area contributed by atoms with Crippen LogP contribution in [0.3, 0.4) is 0 Å². The van der Waals surface area contributed by atoms with Crippen molar-refractivity contribution >= 4 is 11.7 Å². The van der Waals surface area contributed by atoms with Gasteiger partial charge in [-0.1, -0.05) is 32.9 Å². The number of carbonyl (C=O) groups excluding carboxylic acids is 1. The first-order valence-corrected chi connectivity index (χ1v) is 6.49. The molecule has 6 heteroatoms. The van der Waals surface area contributed by atoms with E-state index in [1.165, 1.54) is 6.07 Å². The molecule has 1 aromatic carbocycles. The first-order valence-electron chi connectivity index (χ1n) is 6.49. The second kappa shape index (κ2) is 5.40. The monoisotopic (exact) mass is 286 g/mol. The summed E-state index contributed by atoms with van der Waals surface area (Å²) in [6.45, 7) is 5.93. The summed E-state index contributed by atoms with van der Waals surface area (Å²) in [5, 5.41) is 0. The van der Waals surface area contributed by atoms with Crippen LogP contribution in [-0.2, 0) is 5.41 Å².